The molecule has 0 radical (unpaired) electrons. The highest BCUT2D eigenvalue weighted by Crippen LogP contribution is 2.34. The molecule has 3 heterocycles. The van der Waals surface area contributed by atoms with Crippen LogP contribution in [0.25, 0.3) is 33.1 Å². The first-order chi connectivity index (χ1) is 14.6. The number of nitrogens with zero attached hydrogens (tertiary/aromatic N) is 1. The number of aryl methyl sites for hydroxylation is 1. The SMILES string of the molecule is Cc1c(CC(=O)Nc2nccs2)c(=O)oc2cc3occ(-c4ccccc4)c3cc12. The number of amides is 1. The molecule has 0 saturated heterocycles. The maximum Gasteiger partial charge on any atom is 0.340 e. The van der Waals surface area contributed by atoms with E-state index in [1.165, 1.54) is 11.3 Å². The highest BCUT2D eigenvalue weighted by atomic mass is 32.1. The van der Waals surface area contributed by atoms with Gasteiger partial charge in [-0.3, -0.25) is 4.79 Å². The van der Waals surface area contributed by atoms with Gasteiger partial charge >= 0.3 is 5.63 Å². The van der Waals surface area contributed by atoms with E-state index in [-0.39, 0.29) is 12.3 Å². The Hall–Kier alpha value is -3.71. The van der Waals surface area contributed by atoms with Crippen LogP contribution in [-0.4, -0.2) is 10.9 Å². The molecule has 2 aromatic carbocycles. The molecule has 148 valence electrons. The van der Waals surface area contributed by atoms with Crippen LogP contribution in [-0.2, 0) is 11.2 Å². The van der Waals surface area contributed by atoms with E-state index >= 15 is 0 Å². The predicted octanol–water partition coefficient (Wildman–Crippen LogP) is 5.15. The molecule has 1 N–H and O–H groups in total. The number of nitrogens with one attached hydrogen (secondary N) is 1. The molecule has 0 saturated carbocycles. The smallest absolute Gasteiger partial charge is 0.340 e. The van der Waals surface area contributed by atoms with Crippen LogP contribution in [0, 0.1) is 6.92 Å². The van der Waals surface area contributed by atoms with Gasteiger partial charge < -0.3 is 14.2 Å². The fraction of sp³-hybridized carbons (Fsp3) is 0.0870. The Bertz CT molecular complexity index is 1430. The summed E-state index contributed by atoms with van der Waals surface area (Å²) in [6.45, 7) is 1.83. The number of hydrogen-bond acceptors (Lipinski definition) is 6. The molecule has 0 aliphatic carbocycles. The molecule has 6 nitrogen and oxygen atoms in total. The molecule has 1 amide bonds. The van der Waals surface area contributed by atoms with Crippen molar-refractivity contribution in [1.82, 2.24) is 4.98 Å². The minimum Gasteiger partial charge on any atom is -0.464 e. The van der Waals surface area contributed by atoms with Crippen molar-refractivity contribution in [3.8, 4) is 11.1 Å². The maximum atomic E-state index is 12.6. The van der Waals surface area contributed by atoms with E-state index in [1.54, 1.807) is 23.9 Å². The van der Waals surface area contributed by atoms with Gasteiger partial charge in [-0.1, -0.05) is 30.3 Å². The van der Waals surface area contributed by atoms with E-state index in [0.29, 0.717) is 21.9 Å². The fourth-order valence-electron chi connectivity index (χ4n) is 3.56. The number of hydrogen-bond donors (Lipinski definition) is 1. The Kier molecular flexibility index (Phi) is 4.44. The third-order valence-electron chi connectivity index (χ3n) is 5.08. The zero-order chi connectivity index (χ0) is 20.7. The van der Waals surface area contributed by atoms with Crippen LogP contribution < -0.4 is 10.9 Å². The van der Waals surface area contributed by atoms with Crippen LogP contribution in [0.5, 0.6) is 0 Å². The Morgan fingerprint density at radius 3 is 2.73 bits per heavy atom. The Balaban J connectivity index is 1.60. The summed E-state index contributed by atoms with van der Waals surface area (Å²) in [5.74, 6) is -0.311. The van der Waals surface area contributed by atoms with E-state index in [2.05, 4.69) is 10.3 Å². The molecule has 0 aliphatic rings. The Labute approximate surface area is 174 Å². The summed E-state index contributed by atoms with van der Waals surface area (Å²) in [6, 6.07) is 13.6. The predicted molar refractivity (Wildman–Crippen MR) is 117 cm³/mol. The first kappa shape index (κ1) is 18.3. The van der Waals surface area contributed by atoms with Crippen LogP contribution in [0.4, 0.5) is 5.13 Å². The highest BCUT2D eigenvalue weighted by Gasteiger charge is 2.18. The molecular formula is C23H16N2O4S. The van der Waals surface area contributed by atoms with Crippen molar-refractivity contribution in [1.29, 1.82) is 0 Å². The molecule has 3 aromatic heterocycles. The van der Waals surface area contributed by atoms with Gasteiger partial charge in [0.2, 0.25) is 5.91 Å². The van der Waals surface area contributed by atoms with Gasteiger partial charge in [0.05, 0.1) is 18.2 Å². The number of carbonyl (C=O) groups is 1. The van der Waals surface area contributed by atoms with Gasteiger partial charge in [0.15, 0.2) is 5.13 Å². The van der Waals surface area contributed by atoms with E-state index in [0.717, 1.165) is 27.5 Å². The van der Waals surface area contributed by atoms with Crippen LogP contribution in [0.1, 0.15) is 11.1 Å². The number of fused-ring (bicyclic) bond motifs is 2. The molecule has 0 aliphatic heterocycles. The number of rotatable bonds is 4. The second-order valence-electron chi connectivity index (χ2n) is 6.92. The summed E-state index contributed by atoms with van der Waals surface area (Å²) < 4.78 is 11.2. The van der Waals surface area contributed by atoms with Gasteiger partial charge in [-0.05, 0) is 24.1 Å². The summed E-state index contributed by atoms with van der Waals surface area (Å²) in [5.41, 5.74) is 3.60. The average Bonchev–Trinajstić information content (AvgIpc) is 3.40. The minimum absolute atomic E-state index is 0.0847. The normalized spacial score (nSPS) is 11.2. The van der Waals surface area contributed by atoms with E-state index in [4.69, 9.17) is 8.83 Å². The van der Waals surface area contributed by atoms with Crippen LogP contribution >= 0.6 is 11.3 Å². The standard InChI is InChI=1S/C23H16N2O4S/c1-13-15-9-17-18(14-5-3-2-4-6-14)12-28-19(17)11-20(15)29-22(27)16(13)10-21(26)25-23-24-7-8-30-23/h2-9,11-12H,10H2,1H3,(H,24,25,26). The number of benzene rings is 2. The summed E-state index contributed by atoms with van der Waals surface area (Å²) >= 11 is 1.32. The topological polar surface area (TPSA) is 85.3 Å². The molecule has 0 atom stereocenters. The molecule has 5 rings (SSSR count). The monoisotopic (exact) mass is 416 g/mol. The first-order valence-electron chi connectivity index (χ1n) is 9.32. The molecular weight excluding hydrogens is 400 g/mol. The lowest BCUT2D eigenvalue weighted by atomic mass is 9.99. The lowest BCUT2D eigenvalue weighted by Gasteiger charge is -2.08. The highest BCUT2D eigenvalue weighted by molar-refractivity contribution is 7.13. The second-order valence-corrected chi connectivity index (χ2v) is 7.81. The second kappa shape index (κ2) is 7.27. The average molecular weight is 416 g/mol. The molecule has 30 heavy (non-hydrogen) atoms. The minimum atomic E-state index is -0.525. The number of thiazole rings is 1. The maximum absolute atomic E-state index is 12.6. The van der Waals surface area contributed by atoms with Gasteiger partial charge in [0.1, 0.15) is 11.2 Å². The number of aromatic nitrogens is 1. The molecule has 0 bridgehead atoms. The van der Waals surface area contributed by atoms with Crippen molar-refractivity contribution in [3.63, 3.8) is 0 Å². The van der Waals surface area contributed by atoms with Crippen molar-refractivity contribution < 1.29 is 13.6 Å². The summed E-state index contributed by atoms with van der Waals surface area (Å²) in [7, 11) is 0. The summed E-state index contributed by atoms with van der Waals surface area (Å²) in [5, 5.41) is 6.66. The third kappa shape index (κ3) is 3.19. The zero-order valence-electron chi connectivity index (χ0n) is 16.0. The van der Waals surface area contributed by atoms with Crippen LogP contribution in [0.3, 0.4) is 0 Å². The molecule has 0 fully saturated rings. The summed E-state index contributed by atoms with van der Waals surface area (Å²) in [6.07, 6.45) is 3.23. The Morgan fingerprint density at radius 1 is 1.13 bits per heavy atom. The van der Waals surface area contributed by atoms with Crippen molar-refractivity contribution in [2.75, 3.05) is 5.32 Å². The van der Waals surface area contributed by atoms with Gasteiger partial charge in [0, 0.05) is 34.0 Å². The zero-order valence-corrected chi connectivity index (χ0v) is 16.8. The first-order valence-corrected chi connectivity index (χ1v) is 10.2. The van der Waals surface area contributed by atoms with Crippen molar-refractivity contribution in [3.05, 3.63) is 81.9 Å². The lowest BCUT2D eigenvalue weighted by Crippen LogP contribution is -2.20. The van der Waals surface area contributed by atoms with Gasteiger partial charge in [-0.25, -0.2) is 9.78 Å². The van der Waals surface area contributed by atoms with Gasteiger partial charge in [-0.2, -0.15) is 0 Å². The van der Waals surface area contributed by atoms with E-state index in [1.807, 2.05) is 43.3 Å². The quantitative estimate of drug-likeness (QED) is 0.410. The molecule has 5 aromatic rings. The number of carbonyl (C=O) groups excluding carboxylic acids is 1. The van der Waals surface area contributed by atoms with Crippen molar-refractivity contribution >= 4 is 44.3 Å². The van der Waals surface area contributed by atoms with Gasteiger partial charge in [-0.15, -0.1) is 11.3 Å². The van der Waals surface area contributed by atoms with Crippen molar-refractivity contribution in [2.45, 2.75) is 13.3 Å². The van der Waals surface area contributed by atoms with E-state index in [9.17, 15) is 9.59 Å². The molecule has 7 heteroatoms. The molecule has 0 unspecified atom stereocenters. The largest absolute Gasteiger partial charge is 0.464 e. The number of furan rings is 1. The van der Waals surface area contributed by atoms with E-state index < -0.39 is 5.63 Å². The van der Waals surface area contributed by atoms with Crippen LogP contribution in [0.2, 0.25) is 0 Å². The summed E-state index contributed by atoms with van der Waals surface area (Å²) in [4.78, 5) is 29.0. The number of anilines is 1. The molecule has 0 spiro atoms. The fourth-order valence-corrected chi connectivity index (χ4v) is 4.11. The lowest BCUT2D eigenvalue weighted by molar-refractivity contribution is -0.115. The Morgan fingerprint density at radius 2 is 1.97 bits per heavy atom. The van der Waals surface area contributed by atoms with Gasteiger partial charge in [0.25, 0.3) is 0 Å². The van der Waals surface area contributed by atoms with Crippen LogP contribution in [0.15, 0.2) is 73.9 Å². The van der Waals surface area contributed by atoms with Crippen molar-refractivity contribution in [2.24, 2.45) is 0 Å². The third-order valence-corrected chi connectivity index (χ3v) is 5.77.